The maximum absolute atomic E-state index is 15.1. The van der Waals surface area contributed by atoms with E-state index in [1.807, 2.05) is 31.2 Å². The molecule has 2 aromatic carbocycles. The number of piperazine rings is 1. The van der Waals surface area contributed by atoms with Crippen molar-refractivity contribution in [3.8, 4) is 11.6 Å². The number of nitrogens with zero attached hydrogens (tertiary/aromatic N) is 5. The first kappa shape index (κ1) is 24.7. The lowest BCUT2D eigenvalue weighted by atomic mass is 10.1. The van der Waals surface area contributed by atoms with Crippen molar-refractivity contribution in [2.24, 2.45) is 0 Å². The predicted molar refractivity (Wildman–Crippen MR) is 141 cm³/mol. The summed E-state index contributed by atoms with van der Waals surface area (Å²) >= 11 is 0. The highest BCUT2D eigenvalue weighted by Crippen LogP contribution is 2.40. The van der Waals surface area contributed by atoms with Crippen molar-refractivity contribution in [2.75, 3.05) is 30.4 Å². The molecule has 0 bridgehead atoms. The molecule has 1 saturated heterocycles. The molecular weight excluding hydrogens is 474 g/mol. The van der Waals surface area contributed by atoms with E-state index < -0.39 is 11.6 Å². The van der Waals surface area contributed by atoms with Gasteiger partial charge in [-0.05, 0) is 58.5 Å². The Hall–Kier alpha value is -4.03. The number of hydrogen-bond acceptors (Lipinski definition) is 6. The van der Waals surface area contributed by atoms with Crippen molar-refractivity contribution < 1.29 is 13.5 Å². The summed E-state index contributed by atoms with van der Waals surface area (Å²) in [5.74, 6) is -1.49. The first-order valence-electron chi connectivity index (χ1n) is 12.2. The number of hydrogen-bond donors (Lipinski definition) is 1. The molecule has 7 nitrogen and oxygen atoms in total. The fourth-order valence-corrected chi connectivity index (χ4v) is 4.88. The van der Waals surface area contributed by atoms with Gasteiger partial charge in [-0.3, -0.25) is 4.90 Å². The predicted octanol–water partition coefficient (Wildman–Crippen LogP) is 6.33. The second-order valence-electron chi connectivity index (χ2n) is 9.76. The Kier molecular flexibility index (Phi) is 6.52. The van der Waals surface area contributed by atoms with E-state index in [2.05, 4.69) is 50.8 Å². The third kappa shape index (κ3) is 4.72. The zero-order valence-corrected chi connectivity index (χ0v) is 21.2. The minimum absolute atomic E-state index is 0.0275. The Labute approximate surface area is 215 Å². The van der Waals surface area contributed by atoms with Crippen LogP contribution < -0.4 is 15.0 Å². The van der Waals surface area contributed by atoms with Crippen LogP contribution in [-0.4, -0.2) is 47.1 Å². The average Bonchev–Trinajstić information content (AvgIpc) is 3.28. The van der Waals surface area contributed by atoms with Crippen molar-refractivity contribution in [3.63, 3.8) is 0 Å². The normalized spacial score (nSPS) is 19.3. The molecule has 0 radical (unpaired) electrons. The van der Waals surface area contributed by atoms with Gasteiger partial charge in [0.2, 0.25) is 5.88 Å². The van der Waals surface area contributed by atoms with E-state index in [0.717, 1.165) is 36.1 Å². The van der Waals surface area contributed by atoms with Crippen molar-refractivity contribution in [1.82, 2.24) is 14.9 Å². The zero-order chi connectivity index (χ0) is 26.3. The Morgan fingerprint density at radius 2 is 1.81 bits per heavy atom. The second kappa shape index (κ2) is 9.79. The first-order chi connectivity index (χ1) is 17.7. The third-order valence-electron chi connectivity index (χ3n) is 7.13. The van der Waals surface area contributed by atoms with Crippen molar-refractivity contribution in [1.29, 1.82) is 0 Å². The van der Waals surface area contributed by atoms with E-state index in [9.17, 15) is 4.39 Å². The number of allylic oxidation sites excluding steroid dienone is 1. The number of ether oxygens (including phenoxy) is 1. The van der Waals surface area contributed by atoms with Gasteiger partial charge in [0.05, 0.1) is 6.57 Å². The number of rotatable bonds is 5. The Bertz CT molecular complexity index is 1400. The lowest BCUT2D eigenvalue weighted by Gasteiger charge is -2.43. The number of fused-ring (bicyclic) bond motifs is 1. The smallest absolute Gasteiger partial charge is 0.288 e. The molecule has 0 spiro atoms. The Morgan fingerprint density at radius 3 is 2.49 bits per heavy atom. The highest BCUT2D eigenvalue weighted by Gasteiger charge is 2.27. The molecule has 1 aliphatic heterocycles. The van der Waals surface area contributed by atoms with Crippen molar-refractivity contribution in [3.05, 3.63) is 76.4 Å². The van der Waals surface area contributed by atoms with Crippen LogP contribution >= 0.6 is 0 Å². The summed E-state index contributed by atoms with van der Waals surface area (Å²) in [6.07, 6.45) is 3.19. The molecule has 1 aliphatic carbocycles. The average molecular weight is 503 g/mol. The van der Waals surface area contributed by atoms with Crippen LogP contribution in [-0.2, 0) is 6.42 Å². The topological polar surface area (TPSA) is 57.9 Å². The van der Waals surface area contributed by atoms with Gasteiger partial charge in [-0.15, -0.1) is 0 Å². The number of aromatic nitrogens is 2. The minimum Gasteiger partial charge on any atom is -0.446 e. The Morgan fingerprint density at radius 1 is 1.11 bits per heavy atom. The molecule has 1 fully saturated rings. The molecule has 9 heteroatoms. The molecule has 190 valence electrons. The molecule has 1 aromatic heterocycles. The van der Waals surface area contributed by atoms with E-state index >= 15 is 4.39 Å². The molecular formula is C28H28F2N6O. The molecule has 2 heterocycles. The summed E-state index contributed by atoms with van der Waals surface area (Å²) in [6, 6.07) is 9.80. The van der Waals surface area contributed by atoms with Gasteiger partial charge < -0.3 is 15.0 Å². The molecule has 0 amide bonds. The van der Waals surface area contributed by atoms with Gasteiger partial charge >= 0.3 is 0 Å². The summed E-state index contributed by atoms with van der Waals surface area (Å²) in [4.78, 5) is 16.5. The van der Waals surface area contributed by atoms with Crippen LogP contribution in [0.1, 0.15) is 31.9 Å². The SMILES string of the molecule is [C-]#[N+]c1c(Nc2ccc(N3C[C@@H](C)N(C)[C@@H](C)C3)cc2)ncnc1Oc1cc(F)c2c(c1F)C=C(C)C2. The summed E-state index contributed by atoms with van der Waals surface area (Å²) < 4.78 is 35.3. The van der Waals surface area contributed by atoms with E-state index in [1.165, 1.54) is 6.33 Å². The van der Waals surface area contributed by atoms with Gasteiger partial charge in [0.25, 0.3) is 5.69 Å². The number of nitrogens with one attached hydrogen (secondary N) is 1. The fourth-order valence-electron chi connectivity index (χ4n) is 4.88. The largest absolute Gasteiger partial charge is 0.446 e. The molecule has 2 atom stereocenters. The molecule has 0 saturated carbocycles. The number of benzene rings is 2. The van der Waals surface area contributed by atoms with Gasteiger partial charge in [0, 0.05) is 53.7 Å². The molecule has 5 rings (SSSR count). The van der Waals surface area contributed by atoms with E-state index in [-0.39, 0.29) is 28.7 Å². The summed E-state index contributed by atoms with van der Waals surface area (Å²) in [5, 5.41) is 3.13. The Balaban J connectivity index is 1.37. The molecule has 0 unspecified atom stereocenters. The zero-order valence-electron chi connectivity index (χ0n) is 21.2. The fraction of sp³-hybridized carbons (Fsp3) is 0.321. The second-order valence-corrected chi connectivity index (χ2v) is 9.76. The van der Waals surface area contributed by atoms with Gasteiger partial charge in [-0.25, -0.2) is 23.6 Å². The highest BCUT2D eigenvalue weighted by molar-refractivity contribution is 5.76. The number of halogens is 2. The van der Waals surface area contributed by atoms with Gasteiger partial charge in [-0.1, -0.05) is 11.6 Å². The van der Waals surface area contributed by atoms with Crippen LogP contribution in [0.15, 0.2) is 42.2 Å². The van der Waals surface area contributed by atoms with E-state index in [1.54, 1.807) is 6.08 Å². The van der Waals surface area contributed by atoms with Crippen LogP contribution in [0, 0.1) is 18.2 Å². The van der Waals surface area contributed by atoms with Crippen molar-refractivity contribution in [2.45, 2.75) is 39.3 Å². The monoisotopic (exact) mass is 502 g/mol. The van der Waals surface area contributed by atoms with Crippen LogP contribution in [0.2, 0.25) is 0 Å². The highest BCUT2D eigenvalue weighted by atomic mass is 19.1. The van der Waals surface area contributed by atoms with Gasteiger partial charge in [0.15, 0.2) is 11.6 Å². The van der Waals surface area contributed by atoms with Crippen LogP contribution in [0.5, 0.6) is 11.6 Å². The van der Waals surface area contributed by atoms with Crippen LogP contribution in [0.4, 0.5) is 31.7 Å². The maximum Gasteiger partial charge on any atom is 0.288 e. The maximum atomic E-state index is 15.1. The molecule has 1 N–H and O–H groups in total. The minimum atomic E-state index is -0.680. The number of likely N-dealkylation sites (N-methyl/N-ethyl adjacent to an activating group) is 1. The van der Waals surface area contributed by atoms with Gasteiger partial charge in [-0.2, -0.15) is 0 Å². The summed E-state index contributed by atoms with van der Waals surface area (Å²) in [7, 11) is 2.15. The van der Waals surface area contributed by atoms with Crippen LogP contribution in [0.3, 0.4) is 0 Å². The lowest BCUT2D eigenvalue weighted by Crippen LogP contribution is -2.55. The lowest BCUT2D eigenvalue weighted by molar-refractivity contribution is 0.170. The standard InChI is InChI=1S/C28H28F2N6O/c1-16-10-21-22(11-16)25(30)24(12-23(21)29)37-28-26(31-4)27(32-15-33-28)34-19-6-8-20(9-7-19)36-13-17(2)35(5)18(3)14-36/h6-9,11-12,15,17-18H,10,13-14H2,1-3,5H3,(H,32,33,34)/t17-,18+. The summed E-state index contributed by atoms with van der Waals surface area (Å²) in [6.45, 7) is 15.8. The van der Waals surface area contributed by atoms with E-state index in [0.29, 0.717) is 24.1 Å². The quantitative estimate of drug-likeness (QED) is 0.412. The van der Waals surface area contributed by atoms with Crippen molar-refractivity contribution >= 4 is 29.0 Å². The molecule has 2 aliphatic rings. The number of anilines is 3. The van der Waals surface area contributed by atoms with Crippen LogP contribution in [0.25, 0.3) is 10.9 Å². The first-order valence-corrected chi connectivity index (χ1v) is 12.2. The molecule has 37 heavy (non-hydrogen) atoms. The summed E-state index contributed by atoms with van der Waals surface area (Å²) in [5.41, 5.74) is 3.16. The molecule has 3 aromatic rings. The van der Waals surface area contributed by atoms with E-state index in [4.69, 9.17) is 11.3 Å². The van der Waals surface area contributed by atoms with Gasteiger partial charge in [0.1, 0.15) is 18.0 Å². The third-order valence-corrected chi connectivity index (χ3v) is 7.13.